The van der Waals surface area contributed by atoms with Gasteiger partial charge >= 0.3 is 5.97 Å². The zero-order valence-electron chi connectivity index (χ0n) is 14.0. The summed E-state index contributed by atoms with van der Waals surface area (Å²) in [7, 11) is 0. The van der Waals surface area contributed by atoms with E-state index < -0.39 is 0 Å². The minimum atomic E-state index is -0.272. The number of esters is 1. The number of carbonyl (C=O) groups excluding carboxylic acids is 2. The molecule has 1 aromatic rings. The minimum absolute atomic E-state index is 0.169. The first kappa shape index (κ1) is 17.5. The Hall–Kier alpha value is -2.28. The standard InChI is InChI=1S/C18H20N2O4S/c1-2-24-17(23)13-4-3-9-20(11-13)18-19-16(22)15(25-18)10-12-5-7-14(21)8-6-12/h5-8,10,13,21H,2-4,9,11H2,1H3/b15-10-/t13-/m1/s1. The fourth-order valence-corrected chi connectivity index (χ4v) is 3.81. The largest absolute Gasteiger partial charge is 0.508 e. The van der Waals surface area contributed by atoms with Gasteiger partial charge in [-0.2, -0.15) is 4.99 Å². The Bertz CT molecular complexity index is 727. The van der Waals surface area contributed by atoms with Gasteiger partial charge in [-0.25, -0.2) is 0 Å². The fourth-order valence-electron chi connectivity index (χ4n) is 2.86. The lowest BCUT2D eigenvalue weighted by molar-refractivity contribution is -0.149. The number of rotatable bonds is 3. The SMILES string of the molecule is CCOC(=O)[C@@H]1CCCN(C2=NC(=O)/C(=C/c3ccc(O)cc3)S2)C1. The Labute approximate surface area is 150 Å². The number of hydrogen-bond acceptors (Lipinski definition) is 6. The van der Waals surface area contributed by atoms with Crippen molar-refractivity contribution in [3.63, 3.8) is 0 Å². The summed E-state index contributed by atoms with van der Waals surface area (Å²) < 4.78 is 5.11. The van der Waals surface area contributed by atoms with Crippen LogP contribution in [0.15, 0.2) is 34.2 Å². The number of carbonyl (C=O) groups is 2. The van der Waals surface area contributed by atoms with Crippen molar-refractivity contribution < 1.29 is 19.4 Å². The molecule has 1 amide bonds. The second kappa shape index (κ2) is 7.74. The highest BCUT2D eigenvalue weighted by Crippen LogP contribution is 2.32. The molecule has 2 aliphatic heterocycles. The van der Waals surface area contributed by atoms with Gasteiger partial charge < -0.3 is 14.7 Å². The van der Waals surface area contributed by atoms with Crippen LogP contribution in [0.4, 0.5) is 0 Å². The number of benzene rings is 1. The highest BCUT2D eigenvalue weighted by Gasteiger charge is 2.32. The van der Waals surface area contributed by atoms with E-state index in [9.17, 15) is 14.7 Å². The second-order valence-electron chi connectivity index (χ2n) is 5.94. The molecule has 2 aliphatic rings. The van der Waals surface area contributed by atoms with Crippen molar-refractivity contribution in [2.75, 3.05) is 19.7 Å². The van der Waals surface area contributed by atoms with Crippen LogP contribution in [0.3, 0.4) is 0 Å². The van der Waals surface area contributed by atoms with Gasteiger partial charge in [0.2, 0.25) is 0 Å². The van der Waals surface area contributed by atoms with E-state index in [2.05, 4.69) is 4.99 Å². The van der Waals surface area contributed by atoms with Crippen LogP contribution < -0.4 is 0 Å². The Morgan fingerprint density at radius 2 is 2.20 bits per heavy atom. The monoisotopic (exact) mass is 360 g/mol. The summed E-state index contributed by atoms with van der Waals surface area (Å²) in [6.45, 7) is 3.49. The third-order valence-electron chi connectivity index (χ3n) is 4.11. The Balaban J connectivity index is 1.68. The maximum Gasteiger partial charge on any atom is 0.310 e. The Morgan fingerprint density at radius 3 is 2.92 bits per heavy atom. The number of nitrogens with zero attached hydrogens (tertiary/aromatic N) is 2. The van der Waals surface area contributed by atoms with Gasteiger partial charge in [0.15, 0.2) is 5.17 Å². The van der Waals surface area contributed by atoms with Crippen LogP contribution in [0.1, 0.15) is 25.3 Å². The smallest absolute Gasteiger partial charge is 0.310 e. The normalized spacial score (nSPS) is 22.2. The Kier molecular flexibility index (Phi) is 5.43. The molecule has 0 aromatic heterocycles. The molecular formula is C18H20N2O4S. The first-order valence-electron chi connectivity index (χ1n) is 8.30. The van der Waals surface area contributed by atoms with Crippen molar-refractivity contribution in [1.29, 1.82) is 0 Å². The van der Waals surface area contributed by atoms with Crippen LogP contribution in [0, 0.1) is 5.92 Å². The molecule has 3 rings (SSSR count). The van der Waals surface area contributed by atoms with E-state index in [0.717, 1.165) is 24.9 Å². The molecule has 6 nitrogen and oxygen atoms in total. The third-order valence-corrected chi connectivity index (χ3v) is 5.16. The van der Waals surface area contributed by atoms with E-state index >= 15 is 0 Å². The average Bonchev–Trinajstić information content (AvgIpc) is 2.98. The van der Waals surface area contributed by atoms with Crippen molar-refractivity contribution in [3.05, 3.63) is 34.7 Å². The van der Waals surface area contributed by atoms with Gasteiger partial charge in [0.1, 0.15) is 5.75 Å². The van der Waals surface area contributed by atoms with Crippen LogP contribution in [-0.4, -0.2) is 46.7 Å². The summed E-state index contributed by atoms with van der Waals surface area (Å²) in [5.74, 6) is -0.437. The van der Waals surface area contributed by atoms with Crippen LogP contribution in [0.2, 0.25) is 0 Å². The van der Waals surface area contributed by atoms with Gasteiger partial charge in [-0.15, -0.1) is 0 Å². The number of aromatic hydroxyl groups is 1. The third kappa shape index (κ3) is 4.22. The van der Waals surface area contributed by atoms with E-state index in [-0.39, 0.29) is 23.5 Å². The van der Waals surface area contributed by atoms with Gasteiger partial charge in [0.05, 0.1) is 17.4 Å². The lowest BCUT2D eigenvalue weighted by atomic mass is 9.99. The van der Waals surface area contributed by atoms with E-state index in [0.29, 0.717) is 23.2 Å². The topological polar surface area (TPSA) is 79.2 Å². The molecular weight excluding hydrogens is 340 g/mol. The lowest BCUT2D eigenvalue weighted by Gasteiger charge is -2.32. The Morgan fingerprint density at radius 1 is 1.44 bits per heavy atom. The summed E-state index contributed by atoms with van der Waals surface area (Å²) in [4.78, 5) is 30.8. The average molecular weight is 360 g/mol. The summed E-state index contributed by atoms with van der Waals surface area (Å²) in [5.41, 5.74) is 0.827. The molecule has 1 fully saturated rings. The zero-order valence-corrected chi connectivity index (χ0v) is 14.8. The lowest BCUT2D eigenvalue weighted by Crippen LogP contribution is -2.41. The molecule has 1 saturated heterocycles. The van der Waals surface area contributed by atoms with E-state index in [1.165, 1.54) is 11.8 Å². The van der Waals surface area contributed by atoms with E-state index in [1.807, 2.05) is 4.90 Å². The molecule has 2 heterocycles. The molecule has 0 unspecified atom stereocenters. The summed E-state index contributed by atoms with van der Waals surface area (Å²) >= 11 is 1.32. The van der Waals surface area contributed by atoms with Crippen molar-refractivity contribution in [3.8, 4) is 5.75 Å². The zero-order chi connectivity index (χ0) is 17.8. The van der Waals surface area contributed by atoms with Gasteiger partial charge in [0.25, 0.3) is 5.91 Å². The summed E-state index contributed by atoms with van der Waals surface area (Å²) in [6.07, 6.45) is 3.43. The number of hydrogen-bond donors (Lipinski definition) is 1. The fraction of sp³-hybridized carbons (Fsp3) is 0.389. The minimum Gasteiger partial charge on any atom is -0.508 e. The van der Waals surface area contributed by atoms with Gasteiger partial charge in [-0.1, -0.05) is 12.1 Å². The van der Waals surface area contributed by atoms with Crippen LogP contribution in [0.5, 0.6) is 5.75 Å². The number of aliphatic imine (C=N–C) groups is 1. The number of thioether (sulfide) groups is 1. The maximum atomic E-state index is 12.2. The molecule has 0 aliphatic carbocycles. The number of phenolic OH excluding ortho intramolecular Hbond substituents is 1. The second-order valence-corrected chi connectivity index (χ2v) is 6.95. The van der Waals surface area contributed by atoms with Crippen molar-refractivity contribution in [2.24, 2.45) is 10.9 Å². The number of amides is 1. The van der Waals surface area contributed by atoms with E-state index in [4.69, 9.17) is 4.74 Å². The quantitative estimate of drug-likeness (QED) is 0.659. The summed E-state index contributed by atoms with van der Waals surface area (Å²) in [6, 6.07) is 6.64. The molecule has 0 saturated carbocycles. The molecule has 0 radical (unpaired) electrons. The predicted octanol–water partition coefficient (Wildman–Crippen LogP) is 2.64. The molecule has 0 spiro atoms. The molecule has 0 bridgehead atoms. The van der Waals surface area contributed by atoms with Gasteiger partial charge in [0, 0.05) is 13.1 Å². The highest BCUT2D eigenvalue weighted by molar-refractivity contribution is 8.18. The first-order chi connectivity index (χ1) is 12.1. The van der Waals surface area contributed by atoms with Crippen molar-refractivity contribution >= 4 is 34.9 Å². The van der Waals surface area contributed by atoms with E-state index in [1.54, 1.807) is 37.3 Å². The molecule has 1 aromatic carbocycles. The summed E-state index contributed by atoms with van der Waals surface area (Å²) in [5, 5.41) is 9.97. The van der Waals surface area contributed by atoms with Crippen molar-refractivity contribution in [2.45, 2.75) is 19.8 Å². The molecule has 132 valence electrons. The van der Waals surface area contributed by atoms with Gasteiger partial charge in [-0.05, 0) is 55.3 Å². The number of ether oxygens (including phenoxy) is 1. The van der Waals surface area contributed by atoms with Gasteiger partial charge in [-0.3, -0.25) is 9.59 Å². The number of likely N-dealkylation sites (tertiary alicyclic amines) is 1. The van der Waals surface area contributed by atoms with Crippen LogP contribution >= 0.6 is 11.8 Å². The highest BCUT2D eigenvalue weighted by atomic mass is 32.2. The van der Waals surface area contributed by atoms with Crippen molar-refractivity contribution in [1.82, 2.24) is 4.90 Å². The van der Waals surface area contributed by atoms with Crippen LogP contribution in [0.25, 0.3) is 6.08 Å². The first-order valence-corrected chi connectivity index (χ1v) is 9.11. The molecule has 1 atom stereocenters. The maximum absolute atomic E-state index is 12.2. The number of piperidine rings is 1. The predicted molar refractivity (Wildman–Crippen MR) is 97.0 cm³/mol. The molecule has 7 heteroatoms. The molecule has 1 N–H and O–H groups in total. The molecule has 25 heavy (non-hydrogen) atoms. The van der Waals surface area contributed by atoms with Crippen LogP contribution in [-0.2, 0) is 14.3 Å². The number of phenols is 1. The number of amidine groups is 1.